The van der Waals surface area contributed by atoms with E-state index in [2.05, 4.69) is 20.3 Å². The number of esters is 1. The van der Waals surface area contributed by atoms with Crippen LogP contribution < -0.4 is 0 Å². The molecule has 0 bridgehead atoms. The zero-order valence-electron chi connectivity index (χ0n) is 13.4. The van der Waals surface area contributed by atoms with E-state index in [4.69, 9.17) is 4.74 Å². The summed E-state index contributed by atoms with van der Waals surface area (Å²) in [4.78, 5) is 20.3. The Morgan fingerprint density at radius 2 is 2.08 bits per heavy atom. The van der Waals surface area contributed by atoms with Gasteiger partial charge < -0.3 is 4.74 Å². The van der Waals surface area contributed by atoms with Crippen LogP contribution in [0.4, 0.5) is 0 Å². The predicted octanol–water partition coefficient (Wildman–Crippen LogP) is 2.31. The molecular weight excluding hydrogens is 326 g/mol. The fourth-order valence-corrected chi connectivity index (χ4v) is 3.05. The summed E-state index contributed by atoms with van der Waals surface area (Å²) in [6.45, 7) is 4.50. The van der Waals surface area contributed by atoms with Crippen molar-refractivity contribution in [1.29, 1.82) is 0 Å². The normalized spacial score (nSPS) is 12.2. The van der Waals surface area contributed by atoms with E-state index >= 15 is 0 Å². The van der Waals surface area contributed by atoms with E-state index in [1.54, 1.807) is 18.5 Å². The lowest BCUT2D eigenvalue weighted by Gasteiger charge is -2.09. The number of hydrogen-bond acceptors (Lipinski definition) is 7. The maximum atomic E-state index is 11.8. The van der Waals surface area contributed by atoms with Crippen molar-refractivity contribution >= 4 is 28.9 Å². The number of ether oxygens (including phenoxy) is 1. The summed E-state index contributed by atoms with van der Waals surface area (Å²) in [5.41, 5.74) is 2.35. The van der Waals surface area contributed by atoms with E-state index in [0.717, 1.165) is 5.56 Å². The van der Waals surface area contributed by atoms with Crippen LogP contribution in [-0.4, -0.2) is 42.8 Å². The number of carbonyl (C=O) groups is 1. The molecule has 0 unspecified atom stereocenters. The van der Waals surface area contributed by atoms with E-state index in [9.17, 15) is 4.79 Å². The van der Waals surface area contributed by atoms with E-state index in [-0.39, 0.29) is 11.2 Å². The number of nitrogens with zero attached hydrogens (tertiary/aromatic N) is 5. The van der Waals surface area contributed by atoms with Gasteiger partial charge in [0.15, 0.2) is 11.2 Å². The number of fused-ring (bicyclic) bond motifs is 1. The lowest BCUT2D eigenvalue weighted by molar-refractivity contribution is -0.142. The first-order valence-electron chi connectivity index (χ1n) is 7.60. The summed E-state index contributed by atoms with van der Waals surface area (Å²) < 4.78 is 6.76. The van der Waals surface area contributed by atoms with E-state index in [0.29, 0.717) is 29.3 Å². The average molecular weight is 343 g/mol. The number of thioether (sulfide) groups is 1. The van der Waals surface area contributed by atoms with Gasteiger partial charge in [-0.05, 0) is 19.4 Å². The van der Waals surface area contributed by atoms with Gasteiger partial charge >= 0.3 is 5.97 Å². The van der Waals surface area contributed by atoms with Crippen LogP contribution in [0.5, 0.6) is 0 Å². The van der Waals surface area contributed by atoms with Crippen LogP contribution in [0.15, 0.2) is 41.7 Å². The van der Waals surface area contributed by atoms with Gasteiger partial charge in [0.1, 0.15) is 16.6 Å². The Morgan fingerprint density at radius 3 is 2.83 bits per heavy atom. The third kappa shape index (κ3) is 3.53. The molecule has 8 heteroatoms. The molecule has 0 aliphatic heterocycles. The number of aromatic nitrogens is 5. The summed E-state index contributed by atoms with van der Waals surface area (Å²) in [7, 11) is 0. The molecule has 0 N–H and O–H groups in total. The second kappa shape index (κ2) is 7.39. The molecule has 3 aromatic rings. The molecule has 2 heterocycles. The molecule has 0 fully saturated rings. The maximum Gasteiger partial charge on any atom is 0.319 e. The molecule has 1 atom stereocenters. The molecule has 24 heavy (non-hydrogen) atoms. The highest BCUT2D eigenvalue weighted by molar-refractivity contribution is 8.00. The quantitative estimate of drug-likeness (QED) is 0.386. The first-order valence-corrected chi connectivity index (χ1v) is 8.48. The number of hydrogen-bond donors (Lipinski definition) is 0. The molecule has 0 aliphatic carbocycles. The van der Waals surface area contributed by atoms with Crippen LogP contribution in [0.25, 0.3) is 11.2 Å². The van der Waals surface area contributed by atoms with Crippen LogP contribution in [0.2, 0.25) is 0 Å². The summed E-state index contributed by atoms with van der Waals surface area (Å²) in [6, 6.07) is 9.97. The third-order valence-corrected chi connectivity index (χ3v) is 4.42. The van der Waals surface area contributed by atoms with Gasteiger partial charge in [-0.25, -0.2) is 14.6 Å². The predicted molar refractivity (Wildman–Crippen MR) is 90.6 cm³/mol. The van der Waals surface area contributed by atoms with E-state index < -0.39 is 0 Å². The van der Waals surface area contributed by atoms with Crippen LogP contribution in [-0.2, 0) is 16.1 Å². The molecule has 0 radical (unpaired) electrons. The molecule has 0 amide bonds. The highest BCUT2D eigenvalue weighted by atomic mass is 32.2. The summed E-state index contributed by atoms with van der Waals surface area (Å²) in [5, 5.41) is 8.61. The third-order valence-electron chi connectivity index (χ3n) is 3.35. The van der Waals surface area contributed by atoms with E-state index in [1.807, 2.05) is 30.3 Å². The van der Waals surface area contributed by atoms with E-state index in [1.165, 1.54) is 18.1 Å². The molecule has 0 saturated carbocycles. The van der Waals surface area contributed by atoms with Crippen LogP contribution in [0.1, 0.15) is 19.4 Å². The zero-order valence-corrected chi connectivity index (χ0v) is 14.2. The van der Waals surface area contributed by atoms with Gasteiger partial charge in [-0.3, -0.25) is 4.79 Å². The van der Waals surface area contributed by atoms with Crippen molar-refractivity contribution in [2.75, 3.05) is 6.61 Å². The Morgan fingerprint density at radius 1 is 1.29 bits per heavy atom. The van der Waals surface area contributed by atoms with Gasteiger partial charge in [-0.15, -0.1) is 5.10 Å². The smallest absolute Gasteiger partial charge is 0.319 e. The van der Waals surface area contributed by atoms with Crippen molar-refractivity contribution in [1.82, 2.24) is 25.0 Å². The molecule has 0 saturated heterocycles. The van der Waals surface area contributed by atoms with Gasteiger partial charge in [0, 0.05) is 0 Å². The zero-order chi connectivity index (χ0) is 16.9. The standard InChI is InChI=1S/C16H17N5O2S/c1-3-23-16(22)11(2)24-15-13-14(17-10-18-15)21(20-19-13)9-12-7-5-4-6-8-12/h4-8,10-11H,3,9H2,1-2H3/t11-/m1/s1. The minimum atomic E-state index is -0.373. The van der Waals surface area contributed by atoms with Crippen molar-refractivity contribution in [2.24, 2.45) is 0 Å². The average Bonchev–Trinajstić information content (AvgIpc) is 3.00. The van der Waals surface area contributed by atoms with Crippen molar-refractivity contribution in [3.8, 4) is 0 Å². The van der Waals surface area contributed by atoms with Gasteiger partial charge in [0.25, 0.3) is 0 Å². The molecule has 7 nitrogen and oxygen atoms in total. The second-order valence-electron chi connectivity index (χ2n) is 5.10. The van der Waals surface area contributed by atoms with Crippen molar-refractivity contribution in [2.45, 2.75) is 30.7 Å². The minimum absolute atomic E-state index is 0.272. The van der Waals surface area contributed by atoms with Crippen molar-refractivity contribution < 1.29 is 9.53 Å². The Labute approximate surface area is 143 Å². The number of benzene rings is 1. The molecule has 1 aromatic carbocycles. The lowest BCUT2D eigenvalue weighted by atomic mass is 10.2. The Hall–Kier alpha value is -2.48. The lowest BCUT2D eigenvalue weighted by Crippen LogP contribution is -2.16. The van der Waals surface area contributed by atoms with Gasteiger partial charge in [0.2, 0.25) is 0 Å². The minimum Gasteiger partial charge on any atom is -0.465 e. The molecule has 2 aromatic heterocycles. The highest BCUT2D eigenvalue weighted by Crippen LogP contribution is 2.27. The van der Waals surface area contributed by atoms with Gasteiger partial charge in [-0.1, -0.05) is 47.3 Å². The Bertz CT molecular complexity index is 837. The molecule has 3 rings (SSSR count). The Kier molecular flexibility index (Phi) is 5.05. The van der Waals surface area contributed by atoms with Crippen LogP contribution >= 0.6 is 11.8 Å². The van der Waals surface area contributed by atoms with Crippen molar-refractivity contribution in [3.63, 3.8) is 0 Å². The van der Waals surface area contributed by atoms with Crippen LogP contribution in [0.3, 0.4) is 0 Å². The molecular formula is C16H17N5O2S. The summed E-state index contributed by atoms with van der Waals surface area (Å²) >= 11 is 1.30. The fourth-order valence-electron chi connectivity index (χ4n) is 2.20. The Balaban J connectivity index is 1.85. The highest BCUT2D eigenvalue weighted by Gasteiger charge is 2.20. The first-order chi connectivity index (χ1) is 11.7. The fraction of sp³-hybridized carbons (Fsp3) is 0.312. The topological polar surface area (TPSA) is 82.8 Å². The molecule has 0 aliphatic rings. The monoisotopic (exact) mass is 343 g/mol. The first kappa shape index (κ1) is 16.4. The summed E-state index contributed by atoms with van der Waals surface area (Å²) in [6.07, 6.45) is 1.47. The summed E-state index contributed by atoms with van der Waals surface area (Å²) in [5.74, 6) is -0.272. The largest absolute Gasteiger partial charge is 0.465 e. The van der Waals surface area contributed by atoms with Gasteiger partial charge in [0.05, 0.1) is 13.2 Å². The van der Waals surface area contributed by atoms with Gasteiger partial charge in [-0.2, -0.15) is 0 Å². The van der Waals surface area contributed by atoms with Crippen molar-refractivity contribution in [3.05, 3.63) is 42.2 Å². The molecule has 124 valence electrons. The molecule has 0 spiro atoms. The van der Waals surface area contributed by atoms with Crippen LogP contribution in [0, 0.1) is 0 Å². The number of rotatable bonds is 6. The number of carbonyl (C=O) groups excluding carboxylic acids is 1. The maximum absolute atomic E-state index is 11.8. The second-order valence-corrected chi connectivity index (χ2v) is 6.43. The SMILES string of the molecule is CCOC(=O)[C@@H](C)Sc1ncnc2c1nnn2Cc1ccccc1.